The first-order valence-electron chi connectivity index (χ1n) is 5.21. The van der Waals surface area contributed by atoms with E-state index in [9.17, 15) is 4.39 Å². The predicted octanol–water partition coefficient (Wildman–Crippen LogP) is 2.34. The molecule has 0 aliphatic heterocycles. The number of ether oxygens (including phenoxy) is 1. The Balaban J connectivity index is 2.64. The number of rotatable bonds is 5. The van der Waals surface area contributed by atoms with E-state index in [0.717, 1.165) is 5.56 Å². The first-order valence-corrected chi connectivity index (χ1v) is 5.21. The van der Waals surface area contributed by atoms with Crippen LogP contribution in [0.3, 0.4) is 0 Å². The monoisotopic (exact) mass is 221 g/mol. The van der Waals surface area contributed by atoms with Crippen molar-refractivity contribution in [3.63, 3.8) is 0 Å². The molecule has 0 unspecified atom stereocenters. The average Bonchev–Trinajstić information content (AvgIpc) is 2.25. The molecule has 0 amide bonds. The van der Waals surface area contributed by atoms with Crippen LogP contribution in [0.4, 0.5) is 4.39 Å². The van der Waals surface area contributed by atoms with Gasteiger partial charge < -0.3 is 10.1 Å². The molecule has 0 spiro atoms. The Morgan fingerprint density at radius 2 is 2.25 bits per heavy atom. The second-order valence-electron chi connectivity index (χ2n) is 3.79. The van der Waals surface area contributed by atoms with Gasteiger partial charge in [-0.05, 0) is 17.7 Å². The molecular weight excluding hydrogens is 205 g/mol. The van der Waals surface area contributed by atoms with E-state index in [1.165, 1.54) is 6.07 Å². The van der Waals surface area contributed by atoms with Crippen LogP contribution >= 0.6 is 0 Å². The van der Waals surface area contributed by atoms with E-state index >= 15 is 0 Å². The highest BCUT2D eigenvalue weighted by Crippen LogP contribution is 2.18. The first kappa shape index (κ1) is 12.5. The number of halogens is 1. The third-order valence-corrected chi connectivity index (χ3v) is 2.02. The van der Waals surface area contributed by atoms with Crippen LogP contribution in [0.25, 0.3) is 0 Å². The zero-order chi connectivity index (χ0) is 12.0. The Kier molecular flexibility index (Phi) is 4.81. The van der Waals surface area contributed by atoms with Gasteiger partial charge in [-0.25, -0.2) is 4.39 Å². The maximum Gasteiger partial charge on any atom is 0.165 e. The molecule has 0 bridgehead atoms. The SMILES string of the molecule is C#CCOc1ccc(CNC(C)C)cc1F. The third-order valence-electron chi connectivity index (χ3n) is 2.02. The fraction of sp³-hybridized carbons (Fsp3) is 0.385. The second-order valence-corrected chi connectivity index (χ2v) is 3.79. The molecule has 2 nitrogen and oxygen atoms in total. The predicted molar refractivity (Wildman–Crippen MR) is 62.7 cm³/mol. The van der Waals surface area contributed by atoms with E-state index < -0.39 is 0 Å². The molecule has 0 aliphatic rings. The largest absolute Gasteiger partial charge is 0.478 e. The lowest BCUT2D eigenvalue weighted by molar-refractivity contribution is 0.348. The normalized spacial score (nSPS) is 10.2. The van der Waals surface area contributed by atoms with Gasteiger partial charge in [0.25, 0.3) is 0 Å². The van der Waals surface area contributed by atoms with Crippen molar-refractivity contribution in [3.05, 3.63) is 29.6 Å². The molecule has 0 aromatic heterocycles. The van der Waals surface area contributed by atoms with Crippen LogP contribution in [0.5, 0.6) is 5.75 Å². The summed E-state index contributed by atoms with van der Waals surface area (Å²) in [5.41, 5.74) is 0.888. The average molecular weight is 221 g/mol. The van der Waals surface area contributed by atoms with Crippen LogP contribution in [-0.2, 0) is 6.54 Å². The van der Waals surface area contributed by atoms with Crippen LogP contribution in [0.15, 0.2) is 18.2 Å². The molecule has 3 heteroatoms. The van der Waals surface area contributed by atoms with Gasteiger partial charge in [0.05, 0.1) is 0 Å². The topological polar surface area (TPSA) is 21.3 Å². The number of hydrogen-bond acceptors (Lipinski definition) is 2. The molecule has 1 rings (SSSR count). The molecule has 0 radical (unpaired) electrons. The number of hydrogen-bond donors (Lipinski definition) is 1. The van der Waals surface area contributed by atoms with E-state index in [4.69, 9.17) is 11.2 Å². The van der Waals surface area contributed by atoms with Gasteiger partial charge in [-0.3, -0.25) is 0 Å². The third kappa shape index (κ3) is 3.92. The molecule has 0 fully saturated rings. The summed E-state index contributed by atoms with van der Waals surface area (Å²) in [7, 11) is 0. The van der Waals surface area contributed by atoms with Crippen LogP contribution in [-0.4, -0.2) is 12.6 Å². The summed E-state index contributed by atoms with van der Waals surface area (Å²) in [5.74, 6) is 2.12. The van der Waals surface area contributed by atoms with Crippen LogP contribution in [0.1, 0.15) is 19.4 Å². The van der Waals surface area contributed by atoms with Gasteiger partial charge in [0.2, 0.25) is 0 Å². The van der Waals surface area contributed by atoms with E-state index in [2.05, 4.69) is 11.2 Å². The molecule has 0 aliphatic carbocycles. The number of terminal acetylenes is 1. The highest BCUT2D eigenvalue weighted by Gasteiger charge is 2.04. The second kappa shape index (κ2) is 6.14. The molecule has 1 N–H and O–H groups in total. The van der Waals surface area contributed by atoms with Gasteiger partial charge in [0.1, 0.15) is 6.61 Å². The van der Waals surface area contributed by atoms with Gasteiger partial charge in [-0.1, -0.05) is 25.8 Å². The van der Waals surface area contributed by atoms with Crippen molar-refractivity contribution in [2.45, 2.75) is 26.4 Å². The lowest BCUT2D eigenvalue weighted by Gasteiger charge is -2.09. The zero-order valence-electron chi connectivity index (χ0n) is 9.59. The molecule has 0 atom stereocenters. The van der Waals surface area contributed by atoms with Gasteiger partial charge in [0, 0.05) is 12.6 Å². The molecule has 1 aromatic carbocycles. The van der Waals surface area contributed by atoms with E-state index in [1.807, 2.05) is 19.9 Å². The zero-order valence-corrected chi connectivity index (χ0v) is 9.59. The Labute approximate surface area is 95.8 Å². The van der Waals surface area contributed by atoms with E-state index in [1.54, 1.807) is 6.07 Å². The van der Waals surface area contributed by atoms with Gasteiger partial charge >= 0.3 is 0 Å². The van der Waals surface area contributed by atoms with Crippen molar-refractivity contribution >= 4 is 0 Å². The van der Waals surface area contributed by atoms with Crippen LogP contribution in [0.2, 0.25) is 0 Å². The fourth-order valence-electron chi connectivity index (χ4n) is 1.21. The molecule has 0 saturated heterocycles. The van der Waals surface area contributed by atoms with Crippen molar-refractivity contribution in [3.8, 4) is 18.1 Å². The van der Waals surface area contributed by atoms with Crippen molar-refractivity contribution in [1.82, 2.24) is 5.32 Å². The van der Waals surface area contributed by atoms with Gasteiger partial charge in [0.15, 0.2) is 11.6 Å². The summed E-state index contributed by atoms with van der Waals surface area (Å²) in [4.78, 5) is 0. The van der Waals surface area contributed by atoms with Crippen molar-refractivity contribution in [2.75, 3.05) is 6.61 Å². The van der Waals surface area contributed by atoms with E-state index in [0.29, 0.717) is 12.6 Å². The van der Waals surface area contributed by atoms with Crippen molar-refractivity contribution < 1.29 is 9.13 Å². The van der Waals surface area contributed by atoms with Crippen molar-refractivity contribution in [2.24, 2.45) is 0 Å². The number of benzene rings is 1. The summed E-state index contributed by atoms with van der Waals surface area (Å²) < 4.78 is 18.5. The molecule has 1 aromatic rings. The minimum absolute atomic E-state index is 0.0838. The van der Waals surface area contributed by atoms with Crippen LogP contribution in [0, 0.1) is 18.2 Å². The molecule has 16 heavy (non-hydrogen) atoms. The first-order chi connectivity index (χ1) is 7.63. The summed E-state index contributed by atoms with van der Waals surface area (Å²) >= 11 is 0. The van der Waals surface area contributed by atoms with Crippen LogP contribution < -0.4 is 10.1 Å². The lowest BCUT2D eigenvalue weighted by atomic mass is 10.2. The minimum Gasteiger partial charge on any atom is -0.478 e. The Morgan fingerprint density at radius 1 is 1.50 bits per heavy atom. The summed E-state index contributed by atoms with van der Waals surface area (Å²) in [5, 5.41) is 3.21. The maximum absolute atomic E-state index is 13.5. The fourth-order valence-corrected chi connectivity index (χ4v) is 1.21. The summed E-state index contributed by atoms with van der Waals surface area (Å²) in [6.45, 7) is 4.81. The standard InChI is InChI=1S/C13H16FNO/c1-4-7-16-13-6-5-11(8-12(13)14)9-15-10(2)3/h1,5-6,8,10,15H,7,9H2,2-3H3. The molecule has 86 valence electrons. The van der Waals surface area contributed by atoms with Gasteiger partial charge in [-0.15, -0.1) is 6.42 Å². The van der Waals surface area contributed by atoms with Gasteiger partial charge in [-0.2, -0.15) is 0 Å². The lowest BCUT2D eigenvalue weighted by Crippen LogP contribution is -2.21. The van der Waals surface area contributed by atoms with Crippen molar-refractivity contribution in [1.29, 1.82) is 0 Å². The smallest absolute Gasteiger partial charge is 0.165 e. The highest BCUT2D eigenvalue weighted by molar-refractivity contribution is 5.29. The minimum atomic E-state index is -0.377. The quantitative estimate of drug-likeness (QED) is 0.770. The molecular formula is C13H16FNO. The Bertz CT molecular complexity index is 382. The van der Waals surface area contributed by atoms with E-state index in [-0.39, 0.29) is 18.2 Å². The highest BCUT2D eigenvalue weighted by atomic mass is 19.1. The Morgan fingerprint density at radius 3 is 2.81 bits per heavy atom. The Hall–Kier alpha value is -1.53. The summed E-state index contributed by atoms with van der Waals surface area (Å²) in [6, 6.07) is 5.26. The molecule has 0 heterocycles. The molecule has 0 saturated carbocycles. The maximum atomic E-state index is 13.5. The number of nitrogens with one attached hydrogen (secondary N) is 1. The summed E-state index contributed by atoms with van der Waals surface area (Å²) in [6.07, 6.45) is 5.03.